The van der Waals surface area contributed by atoms with Gasteiger partial charge >= 0.3 is 0 Å². The fraction of sp³-hybridized carbons (Fsp3) is 0.500. The smallest absolute Gasteiger partial charge is 0.252 e. The summed E-state index contributed by atoms with van der Waals surface area (Å²) in [5, 5.41) is 0. The molecule has 0 amide bonds. The summed E-state index contributed by atoms with van der Waals surface area (Å²) in [5.41, 5.74) is 6.51. The van der Waals surface area contributed by atoms with Crippen LogP contribution in [0.1, 0.15) is 24.9 Å². The SMILES string of the molecule is CCC(N)c1cccc(S(=O)(=O)N(C)CC(F)F)c1. The van der Waals surface area contributed by atoms with Crippen LogP contribution >= 0.6 is 0 Å². The second kappa shape index (κ2) is 6.40. The Labute approximate surface area is 112 Å². The number of hydrogen-bond acceptors (Lipinski definition) is 3. The van der Waals surface area contributed by atoms with Crippen LogP contribution in [0.25, 0.3) is 0 Å². The normalized spacial score (nSPS) is 14.1. The molecule has 0 fully saturated rings. The summed E-state index contributed by atoms with van der Waals surface area (Å²) in [6, 6.07) is 5.83. The van der Waals surface area contributed by atoms with E-state index in [2.05, 4.69) is 0 Å². The topological polar surface area (TPSA) is 63.4 Å². The van der Waals surface area contributed by atoms with Crippen molar-refractivity contribution in [3.63, 3.8) is 0 Å². The van der Waals surface area contributed by atoms with E-state index < -0.39 is 23.0 Å². The second-order valence-corrected chi connectivity index (χ2v) is 6.31. The van der Waals surface area contributed by atoms with E-state index in [-0.39, 0.29) is 10.9 Å². The van der Waals surface area contributed by atoms with Crippen molar-refractivity contribution in [2.45, 2.75) is 30.7 Å². The predicted octanol–water partition coefficient (Wildman–Crippen LogP) is 1.98. The highest BCUT2D eigenvalue weighted by atomic mass is 32.2. The van der Waals surface area contributed by atoms with Crippen LogP contribution in [0.4, 0.5) is 8.78 Å². The maximum Gasteiger partial charge on any atom is 0.252 e. The van der Waals surface area contributed by atoms with E-state index in [1.54, 1.807) is 12.1 Å². The number of halogens is 2. The van der Waals surface area contributed by atoms with E-state index in [0.29, 0.717) is 16.3 Å². The number of nitrogens with two attached hydrogens (primary N) is 1. The van der Waals surface area contributed by atoms with Crippen molar-refractivity contribution in [3.8, 4) is 0 Å². The average Bonchev–Trinajstić information content (AvgIpc) is 2.37. The predicted molar refractivity (Wildman–Crippen MR) is 69.5 cm³/mol. The molecular weight excluding hydrogens is 274 g/mol. The van der Waals surface area contributed by atoms with E-state index in [4.69, 9.17) is 5.73 Å². The number of rotatable bonds is 6. The first-order chi connectivity index (χ1) is 8.78. The summed E-state index contributed by atoms with van der Waals surface area (Å²) < 4.78 is 49.3. The number of hydrogen-bond donors (Lipinski definition) is 1. The van der Waals surface area contributed by atoms with Crippen LogP contribution in [-0.4, -0.2) is 32.7 Å². The van der Waals surface area contributed by atoms with E-state index >= 15 is 0 Å². The number of alkyl halides is 2. The third-order valence-corrected chi connectivity index (χ3v) is 4.65. The number of benzene rings is 1. The van der Waals surface area contributed by atoms with Gasteiger partial charge in [-0.05, 0) is 24.1 Å². The van der Waals surface area contributed by atoms with Crippen molar-refractivity contribution in [2.24, 2.45) is 5.73 Å². The Bertz CT molecular complexity index is 520. The van der Waals surface area contributed by atoms with Crippen LogP contribution in [0.2, 0.25) is 0 Å². The standard InChI is InChI=1S/C12H18F2N2O2S/c1-3-11(15)9-5-4-6-10(7-9)19(17,18)16(2)8-12(13)14/h4-7,11-12H,3,8,15H2,1-2H3. The minimum atomic E-state index is -3.90. The van der Waals surface area contributed by atoms with Gasteiger partial charge in [-0.25, -0.2) is 17.2 Å². The Morgan fingerprint density at radius 2 is 2.00 bits per heavy atom. The van der Waals surface area contributed by atoms with E-state index in [0.717, 1.165) is 7.05 Å². The molecule has 2 N–H and O–H groups in total. The van der Waals surface area contributed by atoms with E-state index in [1.165, 1.54) is 12.1 Å². The number of nitrogens with zero attached hydrogens (tertiary/aromatic N) is 1. The van der Waals surface area contributed by atoms with Gasteiger partial charge in [0.1, 0.15) is 0 Å². The first-order valence-electron chi connectivity index (χ1n) is 5.89. The molecule has 1 unspecified atom stereocenters. The van der Waals surface area contributed by atoms with Gasteiger partial charge in [0.2, 0.25) is 10.0 Å². The fourth-order valence-corrected chi connectivity index (χ4v) is 2.82. The van der Waals surface area contributed by atoms with Gasteiger partial charge in [0.15, 0.2) is 0 Å². The van der Waals surface area contributed by atoms with E-state index in [1.807, 2.05) is 6.92 Å². The molecule has 7 heteroatoms. The van der Waals surface area contributed by atoms with Crippen molar-refractivity contribution >= 4 is 10.0 Å². The molecule has 0 aliphatic rings. The summed E-state index contributed by atoms with van der Waals surface area (Å²) in [5.74, 6) is 0. The molecule has 0 saturated carbocycles. The first kappa shape index (κ1) is 16.0. The van der Waals surface area contributed by atoms with Crippen LogP contribution < -0.4 is 5.73 Å². The summed E-state index contributed by atoms with van der Waals surface area (Å²) in [6.45, 7) is 1.06. The molecule has 0 heterocycles. The molecule has 4 nitrogen and oxygen atoms in total. The van der Waals surface area contributed by atoms with Gasteiger partial charge in [0, 0.05) is 13.1 Å². The molecular formula is C12H18F2N2O2S. The molecule has 1 aromatic carbocycles. The fourth-order valence-electron chi connectivity index (χ4n) is 1.61. The molecule has 0 aliphatic carbocycles. The monoisotopic (exact) mass is 292 g/mol. The summed E-state index contributed by atoms with van der Waals surface area (Å²) in [4.78, 5) is -0.0166. The van der Waals surface area contributed by atoms with Gasteiger partial charge in [0.25, 0.3) is 6.43 Å². The highest BCUT2D eigenvalue weighted by Crippen LogP contribution is 2.20. The Morgan fingerprint density at radius 1 is 1.37 bits per heavy atom. The Kier molecular flexibility index (Phi) is 5.39. The number of sulfonamides is 1. The van der Waals surface area contributed by atoms with Crippen LogP contribution in [-0.2, 0) is 10.0 Å². The molecule has 1 rings (SSSR count). The Balaban J connectivity index is 3.08. The maximum atomic E-state index is 12.3. The largest absolute Gasteiger partial charge is 0.324 e. The summed E-state index contributed by atoms with van der Waals surface area (Å²) in [6.07, 6.45) is -2.04. The van der Waals surface area contributed by atoms with Gasteiger partial charge in [-0.1, -0.05) is 19.1 Å². The molecule has 0 spiro atoms. The molecule has 1 aromatic rings. The van der Waals surface area contributed by atoms with Crippen molar-refractivity contribution in [1.29, 1.82) is 0 Å². The molecule has 19 heavy (non-hydrogen) atoms. The molecule has 0 saturated heterocycles. The van der Waals surface area contributed by atoms with E-state index in [9.17, 15) is 17.2 Å². The Morgan fingerprint density at radius 3 is 2.53 bits per heavy atom. The van der Waals surface area contributed by atoms with Crippen molar-refractivity contribution < 1.29 is 17.2 Å². The first-order valence-corrected chi connectivity index (χ1v) is 7.33. The highest BCUT2D eigenvalue weighted by Gasteiger charge is 2.24. The van der Waals surface area contributed by atoms with Crippen molar-refractivity contribution in [2.75, 3.05) is 13.6 Å². The third-order valence-electron chi connectivity index (χ3n) is 2.83. The zero-order chi connectivity index (χ0) is 14.6. The van der Waals surface area contributed by atoms with Crippen LogP contribution in [0.5, 0.6) is 0 Å². The van der Waals surface area contributed by atoms with Gasteiger partial charge < -0.3 is 5.73 Å². The van der Waals surface area contributed by atoms with Crippen LogP contribution in [0, 0.1) is 0 Å². The highest BCUT2D eigenvalue weighted by molar-refractivity contribution is 7.89. The molecule has 0 bridgehead atoms. The van der Waals surface area contributed by atoms with Crippen LogP contribution in [0.15, 0.2) is 29.2 Å². The lowest BCUT2D eigenvalue weighted by Gasteiger charge is -2.18. The zero-order valence-electron chi connectivity index (χ0n) is 10.9. The molecule has 0 aliphatic heterocycles. The van der Waals surface area contributed by atoms with Gasteiger partial charge in [-0.15, -0.1) is 0 Å². The average molecular weight is 292 g/mol. The van der Waals surface area contributed by atoms with Crippen LogP contribution in [0.3, 0.4) is 0 Å². The lowest BCUT2D eigenvalue weighted by Crippen LogP contribution is -2.31. The molecule has 1 atom stereocenters. The quantitative estimate of drug-likeness (QED) is 0.872. The lowest BCUT2D eigenvalue weighted by molar-refractivity contribution is 0.126. The zero-order valence-corrected chi connectivity index (χ0v) is 11.7. The van der Waals surface area contributed by atoms with Gasteiger partial charge in [-0.2, -0.15) is 4.31 Å². The van der Waals surface area contributed by atoms with Crippen molar-refractivity contribution in [1.82, 2.24) is 4.31 Å². The lowest BCUT2D eigenvalue weighted by atomic mass is 10.1. The minimum Gasteiger partial charge on any atom is -0.324 e. The van der Waals surface area contributed by atoms with Crippen molar-refractivity contribution in [3.05, 3.63) is 29.8 Å². The third kappa shape index (κ3) is 3.95. The Hall–Kier alpha value is -1.05. The summed E-state index contributed by atoms with van der Waals surface area (Å²) >= 11 is 0. The van der Waals surface area contributed by atoms with Gasteiger partial charge in [-0.3, -0.25) is 0 Å². The van der Waals surface area contributed by atoms with Gasteiger partial charge in [0.05, 0.1) is 11.4 Å². The maximum absolute atomic E-state index is 12.3. The second-order valence-electron chi connectivity index (χ2n) is 4.26. The summed E-state index contributed by atoms with van der Waals surface area (Å²) in [7, 11) is -2.77. The molecule has 0 aromatic heterocycles. The molecule has 0 radical (unpaired) electrons. The molecule has 108 valence electrons. The minimum absolute atomic E-state index is 0.0166.